The van der Waals surface area contributed by atoms with Crippen molar-refractivity contribution in [2.24, 2.45) is 0 Å². The molecule has 3 amide bonds. The number of aryl methyl sites for hydroxylation is 1. The summed E-state index contributed by atoms with van der Waals surface area (Å²) in [5.41, 5.74) is 2.25. The fourth-order valence-electron chi connectivity index (χ4n) is 4.46. The molecule has 12 nitrogen and oxygen atoms in total. The Kier molecular flexibility index (Phi) is 11.2. The number of carboxylic acids is 1. The third kappa shape index (κ3) is 8.37. The number of amides is 3. The van der Waals surface area contributed by atoms with E-state index in [1.807, 2.05) is 32.0 Å². The minimum atomic E-state index is -5.08. The van der Waals surface area contributed by atoms with Crippen molar-refractivity contribution in [3.05, 3.63) is 76.3 Å². The molecule has 0 aliphatic carbocycles. The number of aliphatic carboxylic acids is 1. The molecule has 3 heterocycles. The molecule has 2 aromatic heterocycles. The van der Waals surface area contributed by atoms with Gasteiger partial charge in [-0.3, -0.25) is 10.1 Å². The Hall–Kier alpha value is -5.23. The van der Waals surface area contributed by atoms with Crippen molar-refractivity contribution in [2.45, 2.75) is 26.1 Å². The van der Waals surface area contributed by atoms with Gasteiger partial charge in [0.1, 0.15) is 17.3 Å². The highest BCUT2D eigenvalue weighted by Gasteiger charge is 2.38. The third-order valence-electron chi connectivity index (χ3n) is 6.72. The second-order valence-corrected chi connectivity index (χ2v) is 11.2. The molecule has 254 valence electrons. The first kappa shape index (κ1) is 35.6. The standard InChI is InChI=1S/C28H28F2N8O2S.C2HF3O2/c1-4-16-8-9-17(25(39)36-27-32-11-13-41-27)14-18(16)22-19-15-33-28(40)38(23-20(29)6-5-7-21(23)30)24(19)35-26(34-22)31-10-12-37(2)3;3-2(4,5)1(6)7/h5-9,11,13-14H,4,10,12,15H2,1-3H3,(H,33,40)(H,31,34,35)(H,32,36,39);(H,6,7). The number of para-hydroxylation sites is 1. The lowest BCUT2D eigenvalue weighted by Crippen LogP contribution is -2.43. The van der Waals surface area contributed by atoms with Crippen LogP contribution in [0.2, 0.25) is 0 Å². The van der Waals surface area contributed by atoms with Crippen LogP contribution in [-0.4, -0.2) is 76.2 Å². The van der Waals surface area contributed by atoms with Gasteiger partial charge in [-0.05, 0) is 50.3 Å². The van der Waals surface area contributed by atoms with E-state index >= 15 is 0 Å². The maximum absolute atomic E-state index is 15.0. The van der Waals surface area contributed by atoms with Crippen LogP contribution >= 0.6 is 11.3 Å². The molecule has 0 spiro atoms. The summed E-state index contributed by atoms with van der Waals surface area (Å²) in [6.45, 7) is 3.13. The van der Waals surface area contributed by atoms with Crippen LogP contribution in [0.5, 0.6) is 0 Å². The van der Waals surface area contributed by atoms with Crippen LogP contribution in [0.15, 0.2) is 48.0 Å². The highest BCUT2D eigenvalue weighted by Crippen LogP contribution is 2.39. The number of aromatic nitrogens is 3. The van der Waals surface area contributed by atoms with E-state index in [9.17, 15) is 31.5 Å². The van der Waals surface area contributed by atoms with E-state index in [2.05, 4.69) is 25.9 Å². The molecular formula is C30H29F5N8O4S. The Morgan fingerprint density at radius 1 is 1.12 bits per heavy atom. The van der Waals surface area contributed by atoms with Gasteiger partial charge in [-0.15, -0.1) is 11.3 Å². The fourth-order valence-corrected chi connectivity index (χ4v) is 4.99. The Balaban J connectivity index is 0.000000671. The smallest absolute Gasteiger partial charge is 0.475 e. The minimum Gasteiger partial charge on any atom is -0.475 e. The molecule has 0 saturated carbocycles. The van der Waals surface area contributed by atoms with Gasteiger partial charge in [0.05, 0.1) is 12.2 Å². The SMILES string of the molecule is CCc1ccc(C(=O)Nc2nccs2)cc1-c1nc(NCCN(C)C)nc2c1CNC(=O)N2c1c(F)cccc1F.O=C(O)C(F)(F)F. The van der Waals surface area contributed by atoms with Crippen LogP contribution in [-0.2, 0) is 17.8 Å². The molecule has 0 radical (unpaired) electrons. The number of carbonyl (C=O) groups excluding carboxylic acids is 2. The number of hydrogen-bond donors (Lipinski definition) is 4. The van der Waals surface area contributed by atoms with Crippen LogP contribution in [0.1, 0.15) is 28.4 Å². The highest BCUT2D eigenvalue weighted by molar-refractivity contribution is 7.13. The topological polar surface area (TPSA) is 153 Å². The second kappa shape index (κ2) is 15.1. The summed E-state index contributed by atoms with van der Waals surface area (Å²) >= 11 is 1.30. The maximum atomic E-state index is 15.0. The Bertz CT molecular complexity index is 1780. The predicted molar refractivity (Wildman–Crippen MR) is 168 cm³/mol. The number of nitrogens with one attached hydrogen (secondary N) is 3. The molecule has 4 aromatic rings. The summed E-state index contributed by atoms with van der Waals surface area (Å²) in [7, 11) is 3.84. The molecule has 1 aliphatic rings. The van der Waals surface area contributed by atoms with Crippen molar-refractivity contribution in [3.8, 4) is 11.3 Å². The van der Waals surface area contributed by atoms with Crippen molar-refractivity contribution in [3.63, 3.8) is 0 Å². The molecule has 4 N–H and O–H groups in total. The largest absolute Gasteiger partial charge is 0.490 e. The zero-order valence-corrected chi connectivity index (χ0v) is 26.5. The average molecular weight is 693 g/mol. The van der Waals surface area contributed by atoms with Crippen LogP contribution < -0.4 is 20.9 Å². The highest BCUT2D eigenvalue weighted by atomic mass is 32.1. The lowest BCUT2D eigenvalue weighted by molar-refractivity contribution is -0.192. The summed E-state index contributed by atoms with van der Waals surface area (Å²) in [6, 6.07) is 7.95. The van der Waals surface area contributed by atoms with Crippen molar-refractivity contribution < 1.29 is 41.4 Å². The molecule has 18 heteroatoms. The number of benzene rings is 2. The predicted octanol–water partition coefficient (Wildman–Crippen LogP) is 5.66. The summed E-state index contributed by atoms with van der Waals surface area (Å²) in [5, 5.41) is 18.0. The third-order valence-corrected chi connectivity index (χ3v) is 7.41. The van der Waals surface area contributed by atoms with Crippen molar-refractivity contribution in [1.29, 1.82) is 0 Å². The zero-order chi connectivity index (χ0) is 35.2. The normalized spacial score (nSPS) is 12.5. The van der Waals surface area contributed by atoms with Crippen molar-refractivity contribution in [1.82, 2.24) is 25.2 Å². The number of carboxylic acid groups (broad SMARTS) is 1. The number of urea groups is 1. The number of nitrogens with zero attached hydrogens (tertiary/aromatic N) is 5. The van der Waals surface area contributed by atoms with Gasteiger partial charge in [0.25, 0.3) is 5.91 Å². The Morgan fingerprint density at radius 2 is 1.81 bits per heavy atom. The number of likely N-dealkylation sites (N-methyl/N-ethyl adjacent to an activating group) is 1. The van der Waals surface area contributed by atoms with Gasteiger partial charge < -0.3 is 20.6 Å². The van der Waals surface area contributed by atoms with E-state index in [0.29, 0.717) is 47.0 Å². The van der Waals surface area contributed by atoms with Crippen LogP contribution in [0.3, 0.4) is 0 Å². The Morgan fingerprint density at radius 3 is 2.40 bits per heavy atom. The first-order valence-corrected chi connectivity index (χ1v) is 15.0. The number of rotatable bonds is 9. The monoisotopic (exact) mass is 692 g/mol. The molecule has 5 rings (SSSR count). The molecule has 0 saturated heterocycles. The molecule has 0 fully saturated rings. The average Bonchev–Trinajstić information content (AvgIpc) is 3.54. The second-order valence-electron chi connectivity index (χ2n) is 10.3. The van der Waals surface area contributed by atoms with Gasteiger partial charge in [0.2, 0.25) is 5.95 Å². The molecule has 0 bridgehead atoms. The van der Waals surface area contributed by atoms with Gasteiger partial charge in [-0.2, -0.15) is 18.2 Å². The van der Waals surface area contributed by atoms with E-state index in [1.54, 1.807) is 23.7 Å². The van der Waals surface area contributed by atoms with E-state index in [1.165, 1.54) is 17.4 Å². The summed E-state index contributed by atoms with van der Waals surface area (Å²) in [6.07, 6.45) is -2.87. The van der Waals surface area contributed by atoms with Gasteiger partial charge >= 0.3 is 18.2 Å². The number of fused-ring (bicyclic) bond motifs is 1. The van der Waals surface area contributed by atoms with E-state index in [0.717, 1.165) is 22.6 Å². The molecule has 48 heavy (non-hydrogen) atoms. The number of thiazole rings is 1. The summed E-state index contributed by atoms with van der Waals surface area (Å²) in [4.78, 5) is 51.4. The minimum absolute atomic E-state index is 0.0206. The summed E-state index contributed by atoms with van der Waals surface area (Å²) in [5.74, 6) is -4.70. The summed E-state index contributed by atoms with van der Waals surface area (Å²) < 4.78 is 61.7. The first-order valence-electron chi connectivity index (χ1n) is 14.2. The van der Waals surface area contributed by atoms with Gasteiger partial charge in [0.15, 0.2) is 10.9 Å². The molecule has 0 unspecified atom stereocenters. The molecule has 0 atom stereocenters. The maximum Gasteiger partial charge on any atom is 0.490 e. The quantitative estimate of drug-likeness (QED) is 0.163. The molecule has 1 aliphatic heterocycles. The molecule has 2 aromatic carbocycles. The lowest BCUT2D eigenvalue weighted by Gasteiger charge is -2.31. The number of anilines is 4. The number of alkyl halides is 3. The van der Waals surface area contributed by atoms with Crippen molar-refractivity contribution in [2.75, 3.05) is 42.7 Å². The number of carbonyl (C=O) groups is 3. The lowest BCUT2D eigenvalue weighted by atomic mass is 9.95. The van der Waals surface area contributed by atoms with E-state index < -0.39 is 35.5 Å². The number of halogens is 5. The van der Waals surface area contributed by atoms with E-state index in [4.69, 9.17) is 14.9 Å². The fraction of sp³-hybridized carbons (Fsp3) is 0.267. The van der Waals surface area contributed by atoms with Crippen LogP contribution in [0.4, 0.5) is 49.3 Å². The van der Waals surface area contributed by atoms with Crippen molar-refractivity contribution >= 4 is 51.8 Å². The Labute approximate surface area is 274 Å². The van der Waals surface area contributed by atoms with E-state index in [-0.39, 0.29) is 24.2 Å². The van der Waals surface area contributed by atoms with Crippen LogP contribution in [0.25, 0.3) is 11.3 Å². The van der Waals surface area contributed by atoms with Gasteiger partial charge in [-0.25, -0.2) is 33.2 Å². The number of hydrogen-bond acceptors (Lipinski definition) is 9. The first-order chi connectivity index (χ1) is 22.7. The zero-order valence-electron chi connectivity index (χ0n) is 25.7. The van der Waals surface area contributed by atoms with Gasteiger partial charge in [-0.1, -0.05) is 19.1 Å². The molecular weight excluding hydrogens is 663 g/mol. The van der Waals surface area contributed by atoms with Crippen LogP contribution in [0, 0.1) is 11.6 Å². The van der Waals surface area contributed by atoms with Gasteiger partial charge in [0, 0.05) is 41.4 Å².